The van der Waals surface area contributed by atoms with Crippen molar-refractivity contribution in [1.82, 2.24) is 4.57 Å². The topological polar surface area (TPSA) is 77.5 Å². The summed E-state index contributed by atoms with van der Waals surface area (Å²) in [6, 6.07) is 7.61. The number of nitrogens with two attached hydrogens (primary N) is 1. The number of phenols is 1. The van der Waals surface area contributed by atoms with Crippen molar-refractivity contribution >= 4 is 11.8 Å². The standard InChI is InChI=1S/C12H12N2O3/c1-14-6-5-10(11(14)13)12(16)17-9-4-2-3-8(15)7-9/h2-7,15H,13H2,1H3. The van der Waals surface area contributed by atoms with Gasteiger partial charge in [0.25, 0.3) is 0 Å². The highest BCUT2D eigenvalue weighted by Crippen LogP contribution is 2.20. The second-order valence-corrected chi connectivity index (χ2v) is 3.61. The third-order valence-corrected chi connectivity index (χ3v) is 2.37. The second-order valence-electron chi connectivity index (χ2n) is 3.61. The van der Waals surface area contributed by atoms with E-state index in [4.69, 9.17) is 10.5 Å². The first-order valence-corrected chi connectivity index (χ1v) is 5.00. The molecule has 5 heteroatoms. The van der Waals surface area contributed by atoms with Crippen molar-refractivity contribution in [1.29, 1.82) is 0 Å². The molecule has 0 saturated heterocycles. The Hall–Kier alpha value is -2.43. The van der Waals surface area contributed by atoms with Gasteiger partial charge < -0.3 is 20.1 Å². The van der Waals surface area contributed by atoms with E-state index < -0.39 is 5.97 Å². The fourth-order valence-corrected chi connectivity index (χ4v) is 1.42. The van der Waals surface area contributed by atoms with Crippen LogP contribution in [0.2, 0.25) is 0 Å². The molecular formula is C12H12N2O3. The van der Waals surface area contributed by atoms with Gasteiger partial charge in [-0.1, -0.05) is 6.07 Å². The van der Waals surface area contributed by atoms with Gasteiger partial charge >= 0.3 is 5.97 Å². The van der Waals surface area contributed by atoms with Gasteiger partial charge in [0.15, 0.2) is 0 Å². The summed E-state index contributed by atoms with van der Waals surface area (Å²) >= 11 is 0. The maximum atomic E-state index is 11.8. The van der Waals surface area contributed by atoms with Crippen molar-refractivity contribution in [2.24, 2.45) is 7.05 Å². The minimum atomic E-state index is -0.548. The van der Waals surface area contributed by atoms with Crippen molar-refractivity contribution < 1.29 is 14.6 Å². The van der Waals surface area contributed by atoms with Crippen molar-refractivity contribution in [3.8, 4) is 11.5 Å². The van der Waals surface area contributed by atoms with E-state index in [0.29, 0.717) is 11.4 Å². The number of hydrogen-bond donors (Lipinski definition) is 2. The molecule has 2 aromatic rings. The van der Waals surface area contributed by atoms with Gasteiger partial charge in [0.1, 0.15) is 22.9 Å². The number of anilines is 1. The smallest absolute Gasteiger partial charge is 0.347 e. The minimum absolute atomic E-state index is 0.0383. The van der Waals surface area contributed by atoms with E-state index in [-0.39, 0.29) is 11.5 Å². The van der Waals surface area contributed by atoms with Crippen LogP contribution in [0.1, 0.15) is 10.4 Å². The lowest BCUT2D eigenvalue weighted by Gasteiger charge is -2.04. The van der Waals surface area contributed by atoms with Gasteiger partial charge in [-0.15, -0.1) is 0 Å². The van der Waals surface area contributed by atoms with E-state index in [9.17, 15) is 9.90 Å². The Kier molecular flexibility index (Phi) is 2.74. The van der Waals surface area contributed by atoms with Gasteiger partial charge in [-0.2, -0.15) is 0 Å². The average Bonchev–Trinajstić information content (AvgIpc) is 2.60. The number of benzene rings is 1. The van der Waals surface area contributed by atoms with E-state index in [1.807, 2.05) is 0 Å². The number of aryl methyl sites for hydroxylation is 1. The Bertz CT molecular complexity index is 561. The van der Waals surface area contributed by atoms with Crippen LogP contribution in [0.25, 0.3) is 0 Å². The number of nitrogens with zero attached hydrogens (tertiary/aromatic N) is 1. The fraction of sp³-hybridized carbons (Fsp3) is 0.0833. The van der Waals surface area contributed by atoms with Crippen LogP contribution in [0.15, 0.2) is 36.5 Å². The van der Waals surface area contributed by atoms with Crippen molar-refractivity contribution in [2.45, 2.75) is 0 Å². The summed E-state index contributed by atoms with van der Waals surface area (Å²) < 4.78 is 6.71. The average molecular weight is 232 g/mol. The van der Waals surface area contributed by atoms with Crippen LogP contribution in [-0.2, 0) is 7.05 Å². The SMILES string of the molecule is Cn1ccc(C(=O)Oc2cccc(O)c2)c1N. The molecule has 5 nitrogen and oxygen atoms in total. The van der Waals surface area contributed by atoms with Gasteiger partial charge in [0.2, 0.25) is 0 Å². The van der Waals surface area contributed by atoms with Crippen molar-refractivity contribution in [3.63, 3.8) is 0 Å². The molecule has 0 atom stereocenters. The molecule has 1 heterocycles. The number of hydrogen-bond acceptors (Lipinski definition) is 4. The number of phenolic OH excluding ortho intramolecular Hbond substituents is 1. The first-order chi connectivity index (χ1) is 8.08. The zero-order chi connectivity index (χ0) is 12.4. The van der Waals surface area contributed by atoms with Crippen LogP contribution in [0.5, 0.6) is 11.5 Å². The monoisotopic (exact) mass is 232 g/mol. The molecule has 1 aromatic heterocycles. The number of carbonyl (C=O) groups excluding carboxylic acids is 1. The molecule has 1 aromatic carbocycles. The largest absolute Gasteiger partial charge is 0.508 e. The predicted octanol–water partition coefficient (Wildman–Crippen LogP) is 1.53. The normalized spacial score (nSPS) is 10.2. The van der Waals surface area contributed by atoms with Gasteiger partial charge in [-0.05, 0) is 18.2 Å². The van der Waals surface area contributed by atoms with Gasteiger partial charge in [0.05, 0.1) is 0 Å². The highest BCUT2D eigenvalue weighted by Gasteiger charge is 2.14. The minimum Gasteiger partial charge on any atom is -0.508 e. The van der Waals surface area contributed by atoms with E-state index in [1.165, 1.54) is 12.1 Å². The zero-order valence-corrected chi connectivity index (χ0v) is 9.25. The summed E-state index contributed by atoms with van der Waals surface area (Å²) in [6.45, 7) is 0. The Morgan fingerprint density at radius 3 is 2.76 bits per heavy atom. The molecule has 2 rings (SSSR count). The fourth-order valence-electron chi connectivity index (χ4n) is 1.42. The van der Waals surface area contributed by atoms with E-state index in [0.717, 1.165) is 0 Å². The molecule has 0 aliphatic carbocycles. The second kappa shape index (κ2) is 4.21. The molecule has 17 heavy (non-hydrogen) atoms. The first kappa shape index (κ1) is 11.1. The van der Waals surface area contributed by atoms with Crippen LogP contribution in [0.4, 0.5) is 5.82 Å². The number of ether oxygens (including phenoxy) is 1. The summed E-state index contributed by atoms with van der Waals surface area (Å²) in [4.78, 5) is 11.8. The van der Waals surface area contributed by atoms with Gasteiger partial charge in [-0.3, -0.25) is 0 Å². The lowest BCUT2D eigenvalue weighted by molar-refractivity contribution is 0.0736. The quantitative estimate of drug-likeness (QED) is 0.608. The number of esters is 1. The molecular weight excluding hydrogens is 220 g/mol. The van der Waals surface area contributed by atoms with Gasteiger partial charge in [0, 0.05) is 19.3 Å². The van der Waals surface area contributed by atoms with Crippen molar-refractivity contribution in [2.75, 3.05) is 5.73 Å². The van der Waals surface area contributed by atoms with Crippen LogP contribution in [0, 0.1) is 0 Å². The predicted molar refractivity (Wildman–Crippen MR) is 62.9 cm³/mol. The third kappa shape index (κ3) is 2.23. The van der Waals surface area contributed by atoms with Crippen LogP contribution in [0.3, 0.4) is 0 Å². The highest BCUT2D eigenvalue weighted by molar-refractivity contribution is 5.95. The first-order valence-electron chi connectivity index (χ1n) is 5.00. The molecule has 0 radical (unpaired) electrons. The van der Waals surface area contributed by atoms with Crippen LogP contribution < -0.4 is 10.5 Å². The number of aromatic hydroxyl groups is 1. The lowest BCUT2D eigenvalue weighted by Crippen LogP contribution is -2.10. The molecule has 0 aliphatic heterocycles. The Morgan fingerprint density at radius 2 is 2.18 bits per heavy atom. The summed E-state index contributed by atoms with van der Waals surface area (Å²) in [5.41, 5.74) is 6.00. The highest BCUT2D eigenvalue weighted by atomic mass is 16.5. The molecule has 0 saturated carbocycles. The molecule has 0 fully saturated rings. The number of nitrogen functional groups attached to an aromatic ring is 1. The Labute approximate surface area is 98.0 Å². The Morgan fingerprint density at radius 1 is 1.41 bits per heavy atom. The maximum absolute atomic E-state index is 11.8. The summed E-state index contributed by atoms with van der Waals surface area (Å²) in [6.07, 6.45) is 1.67. The molecule has 0 aliphatic rings. The van der Waals surface area contributed by atoms with E-state index in [2.05, 4.69) is 0 Å². The van der Waals surface area contributed by atoms with Crippen LogP contribution >= 0.6 is 0 Å². The number of carbonyl (C=O) groups is 1. The lowest BCUT2D eigenvalue weighted by atomic mass is 10.3. The molecule has 0 bridgehead atoms. The number of aromatic nitrogens is 1. The Balaban J connectivity index is 2.20. The number of rotatable bonds is 2. The van der Waals surface area contributed by atoms with Gasteiger partial charge in [-0.25, -0.2) is 4.79 Å². The zero-order valence-electron chi connectivity index (χ0n) is 9.25. The molecule has 0 amide bonds. The molecule has 0 unspecified atom stereocenters. The molecule has 0 spiro atoms. The summed E-state index contributed by atoms with van der Waals surface area (Å²) in [5, 5.41) is 9.24. The molecule has 88 valence electrons. The third-order valence-electron chi connectivity index (χ3n) is 2.37. The van der Waals surface area contributed by atoms with E-state index >= 15 is 0 Å². The van der Waals surface area contributed by atoms with Crippen LogP contribution in [-0.4, -0.2) is 15.6 Å². The maximum Gasteiger partial charge on any atom is 0.347 e. The summed E-state index contributed by atoms with van der Waals surface area (Å²) in [7, 11) is 1.74. The molecule has 3 N–H and O–H groups in total. The van der Waals surface area contributed by atoms with Crippen molar-refractivity contribution in [3.05, 3.63) is 42.1 Å². The van der Waals surface area contributed by atoms with E-state index in [1.54, 1.807) is 36.0 Å². The summed E-state index contributed by atoms with van der Waals surface area (Å²) in [5.74, 6) is 0.110.